The summed E-state index contributed by atoms with van der Waals surface area (Å²) in [6.07, 6.45) is 0. The van der Waals surface area contributed by atoms with E-state index in [-0.39, 0.29) is 34.8 Å². The summed E-state index contributed by atoms with van der Waals surface area (Å²) in [5.41, 5.74) is 0.514. The molecule has 0 radical (unpaired) electrons. The van der Waals surface area contributed by atoms with Gasteiger partial charge in [-0.3, -0.25) is 19.7 Å². The molecule has 164 valence electrons. The largest absolute Gasteiger partial charge is 0.486 e. The SMILES string of the molecule is CC(C)C(NC(=O)CNC(=O)c1ccc(Cl)c([N+](=O)[O-])c1)c1ccc2c(c1)OCCO2. The Hall–Kier alpha value is -3.33. The van der Waals surface area contributed by atoms with Gasteiger partial charge in [-0.1, -0.05) is 31.5 Å². The summed E-state index contributed by atoms with van der Waals surface area (Å²) in [6, 6.07) is 8.90. The summed E-state index contributed by atoms with van der Waals surface area (Å²) >= 11 is 5.76. The second kappa shape index (κ2) is 9.65. The monoisotopic (exact) mass is 447 g/mol. The van der Waals surface area contributed by atoms with E-state index in [1.807, 2.05) is 26.0 Å². The van der Waals surface area contributed by atoms with Crippen LogP contribution in [0.15, 0.2) is 36.4 Å². The van der Waals surface area contributed by atoms with Crippen molar-refractivity contribution < 1.29 is 24.0 Å². The Balaban J connectivity index is 1.64. The van der Waals surface area contributed by atoms with Gasteiger partial charge in [0.2, 0.25) is 5.91 Å². The Morgan fingerprint density at radius 1 is 1.13 bits per heavy atom. The lowest BCUT2D eigenvalue weighted by Crippen LogP contribution is -2.40. The van der Waals surface area contributed by atoms with Crippen LogP contribution in [0.5, 0.6) is 11.5 Å². The van der Waals surface area contributed by atoms with E-state index < -0.39 is 16.7 Å². The van der Waals surface area contributed by atoms with Crippen LogP contribution in [-0.2, 0) is 4.79 Å². The van der Waals surface area contributed by atoms with Gasteiger partial charge in [-0.2, -0.15) is 0 Å². The molecule has 0 fully saturated rings. The van der Waals surface area contributed by atoms with E-state index >= 15 is 0 Å². The van der Waals surface area contributed by atoms with Crippen molar-refractivity contribution >= 4 is 29.1 Å². The van der Waals surface area contributed by atoms with Crippen molar-refractivity contribution in [2.45, 2.75) is 19.9 Å². The maximum Gasteiger partial charge on any atom is 0.288 e. The van der Waals surface area contributed by atoms with Crippen molar-refractivity contribution in [2.75, 3.05) is 19.8 Å². The van der Waals surface area contributed by atoms with Crippen LogP contribution in [0.25, 0.3) is 0 Å². The van der Waals surface area contributed by atoms with Crippen LogP contribution in [0, 0.1) is 16.0 Å². The van der Waals surface area contributed by atoms with Gasteiger partial charge in [0.25, 0.3) is 11.6 Å². The van der Waals surface area contributed by atoms with Gasteiger partial charge in [-0.25, -0.2) is 0 Å². The van der Waals surface area contributed by atoms with Gasteiger partial charge in [0.05, 0.1) is 17.5 Å². The molecule has 1 unspecified atom stereocenters. The molecule has 10 heteroatoms. The number of amides is 2. The minimum Gasteiger partial charge on any atom is -0.486 e. The first-order valence-corrected chi connectivity index (χ1v) is 10.0. The molecule has 0 saturated carbocycles. The number of carbonyl (C=O) groups is 2. The molecule has 1 aliphatic rings. The summed E-state index contributed by atoms with van der Waals surface area (Å²) in [6.45, 7) is 4.60. The molecule has 0 bridgehead atoms. The van der Waals surface area contributed by atoms with Crippen molar-refractivity contribution in [3.63, 3.8) is 0 Å². The molecule has 3 rings (SSSR count). The molecule has 9 nitrogen and oxygen atoms in total. The third-order valence-electron chi connectivity index (χ3n) is 4.72. The first-order chi connectivity index (χ1) is 14.8. The number of nitro groups is 1. The number of halogens is 1. The second-order valence-corrected chi connectivity index (χ2v) is 7.71. The molecule has 1 heterocycles. The average molecular weight is 448 g/mol. The molecule has 0 spiro atoms. The van der Waals surface area contributed by atoms with E-state index in [4.69, 9.17) is 21.1 Å². The van der Waals surface area contributed by atoms with Crippen molar-refractivity contribution in [3.05, 3.63) is 62.7 Å². The van der Waals surface area contributed by atoms with Crippen molar-refractivity contribution in [1.82, 2.24) is 10.6 Å². The van der Waals surface area contributed by atoms with E-state index in [0.29, 0.717) is 24.7 Å². The zero-order valence-electron chi connectivity index (χ0n) is 17.0. The van der Waals surface area contributed by atoms with Crippen LogP contribution in [0.3, 0.4) is 0 Å². The average Bonchev–Trinajstić information content (AvgIpc) is 2.75. The molecule has 0 aromatic heterocycles. The molecule has 1 atom stereocenters. The Morgan fingerprint density at radius 2 is 1.84 bits per heavy atom. The van der Waals surface area contributed by atoms with Crippen LogP contribution < -0.4 is 20.1 Å². The van der Waals surface area contributed by atoms with Crippen LogP contribution in [0.1, 0.15) is 35.8 Å². The molecule has 0 saturated heterocycles. The lowest BCUT2D eigenvalue weighted by molar-refractivity contribution is -0.384. The first kappa shape index (κ1) is 22.4. The van der Waals surface area contributed by atoms with E-state index in [1.54, 1.807) is 6.07 Å². The fraction of sp³-hybridized carbons (Fsp3) is 0.333. The number of carbonyl (C=O) groups excluding carboxylic acids is 2. The first-order valence-electron chi connectivity index (χ1n) is 9.67. The number of rotatable bonds is 7. The standard InChI is InChI=1S/C21H22ClN3O6/c1-12(2)20(13-4-6-17-18(10-13)31-8-7-30-17)24-19(26)11-23-21(27)14-3-5-15(22)16(9-14)25(28)29/h3-6,9-10,12,20H,7-8,11H2,1-2H3,(H,23,27)(H,24,26). The van der Waals surface area contributed by atoms with Gasteiger partial charge < -0.3 is 20.1 Å². The summed E-state index contributed by atoms with van der Waals surface area (Å²) in [5, 5.41) is 16.3. The smallest absolute Gasteiger partial charge is 0.288 e. The van der Waals surface area contributed by atoms with Crippen molar-refractivity contribution in [3.8, 4) is 11.5 Å². The molecule has 2 N–H and O–H groups in total. The zero-order chi connectivity index (χ0) is 22.5. The predicted molar refractivity (Wildman–Crippen MR) is 114 cm³/mol. The summed E-state index contributed by atoms with van der Waals surface area (Å²) in [7, 11) is 0. The van der Waals surface area contributed by atoms with Gasteiger partial charge in [-0.15, -0.1) is 0 Å². The predicted octanol–water partition coefficient (Wildman–Crippen LogP) is 3.26. The van der Waals surface area contributed by atoms with Gasteiger partial charge in [0.15, 0.2) is 11.5 Å². The molecule has 2 amide bonds. The Bertz CT molecular complexity index is 1010. The Labute approximate surface area is 183 Å². The summed E-state index contributed by atoms with van der Waals surface area (Å²) in [5.74, 6) is 0.344. The van der Waals surface area contributed by atoms with Crippen LogP contribution in [0.2, 0.25) is 5.02 Å². The number of hydrogen-bond acceptors (Lipinski definition) is 6. The maximum atomic E-state index is 12.5. The number of hydrogen-bond donors (Lipinski definition) is 2. The summed E-state index contributed by atoms with van der Waals surface area (Å²) < 4.78 is 11.1. The zero-order valence-corrected chi connectivity index (χ0v) is 17.8. The van der Waals surface area contributed by atoms with E-state index in [9.17, 15) is 19.7 Å². The van der Waals surface area contributed by atoms with Crippen LogP contribution in [-0.4, -0.2) is 36.5 Å². The molecule has 2 aromatic rings. The highest BCUT2D eigenvalue weighted by Gasteiger charge is 2.22. The van der Waals surface area contributed by atoms with Crippen molar-refractivity contribution in [2.24, 2.45) is 5.92 Å². The fourth-order valence-electron chi connectivity index (χ4n) is 3.17. The Kier molecular flexibility index (Phi) is 6.96. The number of fused-ring (bicyclic) bond motifs is 1. The van der Waals surface area contributed by atoms with E-state index in [2.05, 4.69) is 10.6 Å². The van der Waals surface area contributed by atoms with Crippen LogP contribution >= 0.6 is 11.6 Å². The molecule has 1 aliphatic heterocycles. The molecule has 2 aromatic carbocycles. The number of nitrogens with one attached hydrogen (secondary N) is 2. The maximum absolute atomic E-state index is 12.5. The summed E-state index contributed by atoms with van der Waals surface area (Å²) in [4.78, 5) is 35.1. The number of ether oxygens (including phenoxy) is 2. The number of benzene rings is 2. The van der Waals surface area contributed by atoms with E-state index in [0.717, 1.165) is 11.6 Å². The molecular formula is C21H22ClN3O6. The third-order valence-corrected chi connectivity index (χ3v) is 5.04. The molecule has 31 heavy (non-hydrogen) atoms. The quantitative estimate of drug-likeness (QED) is 0.496. The number of nitrogens with zero attached hydrogens (tertiary/aromatic N) is 1. The highest BCUT2D eigenvalue weighted by molar-refractivity contribution is 6.32. The van der Waals surface area contributed by atoms with Gasteiger partial charge in [-0.05, 0) is 35.7 Å². The highest BCUT2D eigenvalue weighted by Crippen LogP contribution is 2.34. The minimum atomic E-state index is -0.674. The number of nitro benzene ring substituents is 1. The van der Waals surface area contributed by atoms with Crippen molar-refractivity contribution in [1.29, 1.82) is 0 Å². The van der Waals surface area contributed by atoms with Gasteiger partial charge in [0, 0.05) is 11.6 Å². The fourth-order valence-corrected chi connectivity index (χ4v) is 3.36. The Morgan fingerprint density at radius 3 is 2.52 bits per heavy atom. The minimum absolute atomic E-state index is 0.0381. The molecular weight excluding hydrogens is 426 g/mol. The lowest BCUT2D eigenvalue weighted by Gasteiger charge is -2.25. The van der Waals surface area contributed by atoms with Gasteiger partial charge in [0.1, 0.15) is 18.2 Å². The highest BCUT2D eigenvalue weighted by atomic mass is 35.5. The van der Waals surface area contributed by atoms with Gasteiger partial charge >= 0.3 is 0 Å². The second-order valence-electron chi connectivity index (χ2n) is 7.30. The van der Waals surface area contributed by atoms with Crippen LogP contribution in [0.4, 0.5) is 5.69 Å². The molecule has 0 aliphatic carbocycles. The lowest BCUT2D eigenvalue weighted by atomic mass is 9.95. The normalized spacial score (nSPS) is 13.4. The topological polar surface area (TPSA) is 120 Å². The third kappa shape index (κ3) is 5.43. The van der Waals surface area contributed by atoms with E-state index in [1.165, 1.54) is 12.1 Å².